The number of nitro benzene ring substituents is 1. The topological polar surface area (TPSA) is 90.9 Å². The van der Waals surface area contributed by atoms with Gasteiger partial charge in [0.05, 0.1) is 4.92 Å². The van der Waals surface area contributed by atoms with Crippen LogP contribution in [0.3, 0.4) is 0 Å². The summed E-state index contributed by atoms with van der Waals surface area (Å²) in [5, 5.41) is 10.8. The van der Waals surface area contributed by atoms with E-state index in [0.717, 1.165) is 31.6 Å². The van der Waals surface area contributed by atoms with Crippen molar-refractivity contribution >= 4 is 17.1 Å². The van der Waals surface area contributed by atoms with E-state index in [4.69, 9.17) is 15.2 Å². The molecule has 1 aromatic rings. The molecule has 1 aliphatic heterocycles. The third-order valence-corrected chi connectivity index (χ3v) is 3.96. The number of hydrogen-bond acceptors (Lipinski definition) is 6. The molecule has 1 aliphatic rings. The molecule has 1 fully saturated rings. The van der Waals surface area contributed by atoms with Gasteiger partial charge < -0.3 is 20.1 Å². The first-order chi connectivity index (χ1) is 10.1. The van der Waals surface area contributed by atoms with Crippen molar-refractivity contribution in [2.24, 2.45) is 5.92 Å². The van der Waals surface area contributed by atoms with Crippen molar-refractivity contribution in [2.45, 2.75) is 19.1 Å². The first-order valence-corrected chi connectivity index (χ1v) is 6.91. The van der Waals surface area contributed by atoms with Gasteiger partial charge in [-0.1, -0.05) is 0 Å². The minimum absolute atomic E-state index is 0.0486. The van der Waals surface area contributed by atoms with E-state index < -0.39 is 4.92 Å². The number of nitrogens with two attached hydrogens (primary N) is 1. The van der Waals surface area contributed by atoms with Crippen molar-refractivity contribution in [3.05, 3.63) is 28.3 Å². The van der Waals surface area contributed by atoms with E-state index in [1.165, 1.54) is 6.07 Å². The molecule has 21 heavy (non-hydrogen) atoms. The Bertz CT molecular complexity index is 497. The summed E-state index contributed by atoms with van der Waals surface area (Å²) in [6.45, 7) is 1.70. The summed E-state index contributed by atoms with van der Waals surface area (Å²) in [7, 11) is 3.30. The van der Waals surface area contributed by atoms with Gasteiger partial charge in [-0.2, -0.15) is 0 Å². The van der Waals surface area contributed by atoms with Gasteiger partial charge in [-0.3, -0.25) is 10.1 Å². The molecule has 7 nitrogen and oxygen atoms in total. The van der Waals surface area contributed by atoms with Crippen LogP contribution in [0.5, 0.6) is 0 Å². The molecule has 0 saturated carbocycles. The summed E-state index contributed by atoms with van der Waals surface area (Å²) in [4.78, 5) is 12.5. The number of anilines is 2. The maximum Gasteiger partial charge on any atom is 0.292 e. The Labute approximate surface area is 123 Å². The highest BCUT2D eigenvalue weighted by molar-refractivity contribution is 5.66. The summed E-state index contributed by atoms with van der Waals surface area (Å²) in [5.74, 6) is 0.367. The summed E-state index contributed by atoms with van der Waals surface area (Å²) in [6.07, 6.45) is 1.72. The lowest BCUT2D eigenvalue weighted by Gasteiger charge is -2.36. The van der Waals surface area contributed by atoms with Crippen LogP contribution < -0.4 is 10.6 Å². The van der Waals surface area contributed by atoms with Crippen LogP contribution in [0.15, 0.2) is 18.2 Å². The predicted octanol–water partition coefficient (Wildman–Crippen LogP) is 2.01. The predicted molar refractivity (Wildman–Crippen MR) is 80.3 cm³/mol. The SMILES string of the molecule is COC(OC)C1CCN(c2ccc([N+](=O)[O-])c(N)c2)CC1. The molecule has 0 aromatic heterocycles. The Morgan fingerprint density at radius 2 is 1.95 bits per heavy atom. The van der Waals surface area contributed by atoms with Gasteiger partial charge in [0, 0.05) is 45.0 Å². The fraction of sp³-hybridized carbons (Fsp3) is 0.571. The van der Waals surface area contributed by atoms with E-state index in [2.05, 4.69) is 4.90 Å². The molecule has 0 unspecified atom stereocenters. The highest BCUT2D eigenvalue weighted by Crippen LogP contribution is 2.30. The number of nitrogen functional groups attached to an aromatic ring is 1. The second kappa shape index (κ2) is 6.73. The van der Waals surface area contributed by atoms with E-state index >= 15 is 0 Å². The molecular weight excluding hydrogens is 274 g/mol. The Hall–Kier alpha value is -1.86. The average Bonchev–Trinajstić information content (AvgIpc) is 2.48. The largest absolute Gasteiger partial charge is 0.393 e. The van der Waals surface area contributed by atoms with Crippen LogP contribution in [0.2, 0.25) is 0 Å². The lowest BCUT2D eigenvalue weighted by molar-refractivity contribution is -0.383. The Morgan fingerprint density at radius 1 is 1.33 bits per heavy atom. The second-order valence-corrected chi connectivity index (χ2v) is 5.16. The van der Waals surface area contributed by atoms with Gasteiger partial charge in [-0.05, 0) is 25.0 Å². The molecule has 116 valence electrons. The second-order valence-electron chi connectivity index (χ2n) is 5.16. The molecule has 0 amide bonds. The molecule has 1 heterocycles. The number of nitro groups is 1. The van der Waals surface area contributed by atoms with Crippen LogP contribution in [0.4, 0.5) is 17.1 Å². The number of methoxy groups -OCH3 is 2. The normalized spacial score (nSPS) is 16.4. The summed E-state index contributed by atoms with van der Waals surface area (Å²) < 4.78 is 10.6. The fourth-order valence-corrected chi connectivity index (χ4v) is 2.82. The highest BCUT2D eigenvalue weighted by Gasteiger charge is 2.27. The highest BCUT2D eigenvalue weighted by atomic mass is 16.7. The van der Waals surface area contributed by atoms with Crippen LogP contribution in [0.1, 0.15) is 12.8 Å². The smallest absolute Gasteiger partial charge is 0.292 e. The zero-order valence-electron chi connectivity index (χ0n) is 12.3. The maximum absolute atomic E-state index is 10.8. The van der Waals surface area contributed by atoms with Gasteiger partial charge in [-0.15, -0.1) is 0 Å². The third kappa shape index (κ3) is 3.43. The summed E-state index contributed by atoms with van der Waals surface area (Å²) in [6, 6.07) is 4.88. The molecule has 2 rings (SSSR count). The molecule has 1 aromatic carbocycles. The molecule has 0 spiro atoms. The van der Waals surface area contributed by atoms with E-state index in [1.807, 2.05) is 0 Å². The molecule has 0 radical (unpaired) electrons. The number of rotatable bonds is 5. The zero-order chi connectivity index (χ0) is 15.4. The van der Waals surface area contributed by atoms with Crippen molar-refractivity contribution < 1.29 is 14.4 Å². The molecule has 2 N–H and O–H groups in total. The quantitative estimate of drug-likeness (QED) is 0.387. The molecule has 0 bridgehead atoms. The van der Waals surface area contributed by atoms with Crippen LogP contribution in [-0.4, -0.2) is 38.5 Å². The van der Waals surface area contributed by atoms with Crippen LogP contribution in [0.25, 0.3) is 0 Å². The number of piperidine rings is 1. The maximum atomic E-state index is 10.8. The Balaban J connectivity index is 2.02. The van der Waals surface area contributed by atoms with Gasteiger partial charge in [0.2, 0.25) is 0 Å². The van der Waals surface area contributed by atoms with Crippen molar-refractivity contribution in [3.63, 3.8) is 0 Å². The van der Waals surface area contributed by atoms with Crippen LogP contribution in [-0.2, 0) is 9.47 Å². The number of ether oxygens (including phenoxy) is 2. The Morgan fingerprint density at radius 3 is 2.43 bits per heavy atom. The number of nitrogens with zero attached hydrogens (tertiary/aromatic N) is 2. The van der Waals surface area contributed by atoms with Gasteiger partial charge in [0.15, 0.2) is 6.29 Å². The lowest BCUT2D eigenvalue weighted by Crippen LogP contribution is -2.39. The molecule has 0 atom stereocenters. The van der Waals surface area contributed by atoms with Crippen LogP contribution >= 0.6 is 0 Å². The van der Waals surface area contributed by atoms with Gasteiger partial charge >= 0.3 is 0 Å². The molecular formula is C14H21N3O4. The first kappa shape index (κ1) is 15.5. The van der Waals surface area contributed by atoms with Gasteiger partial charge in [-0.25, -0.2) is 0 Å². The van der Waals surface area contributed by atoms with Crippen molar-refractivity contribution in [3.8, 4) is 0 Å². The molecule has 7 heteroatoms. The zero-order valence-corrected chi connectivity index (χ0v) is 12.3. The minimum Gasteiger partial charge on any atom is -0.393 e. The average molecular weight is 295 g/mol. The number of benzene rings is 1. The fourth-order valence-electron chi connectivity index (χ4n) is 2.82. The monoisotopic (exact) mass is 295 g/mol. The third-order valence-electron chi connectivity index (χ3n) is 3.96. The van der Waals surface area contributed by atoms with E-state index in [9.17, 15) is 10.1 Å². The number of hydrogen-bond donors (Lipinski definition) is 1. The lowest BCUT2D eigenvalue weighted by atomic mass is 9.95. The summed E-state index contributed by atoms with van der Waals surface area (Å²) >= 11 is 0. The standard InChI is InChI=1S/C14H21N3O4/c1-20-14(21-2)10-5-7-16(8-6-10)11-3-4-13(17(18)19)12(15)9-11/h3-4,9-10,14H,5-8,15H2,1-2H3. The Kier molecular flexibility index (Phi) is 4.98. The minimum atomic E-state index is -0.465. The van der Waals surface area contributed by atoms with Crippen LogP contribution in [0, 0.1) is 16.0 Å². The van der Waals surface area contributed by atoms with E-state index in [-0.39, 0.29) is 17.7 Å². The van der Waals surface area contributed by atoms with Crippen molar-refractivity contribution in [1.29, 1.82) is 0 Å². The van der Waals surface area contributed by atoms with Crippen molar-refractivity contribution in [1.82, 2.24) is 0 Å². The summed E-state index contributed by atoms with van der Waals surface area (Å²) in [5.41, 5.74) is 6.81. The first-order valence-electron chi connectivity index (χ1n) is 6.91. The molecule has 0 aliphatic carbocycles. The van der Waals surface area contributed by atoms with Gasteiger partial charge in [0.1, 0.15) is 5.69 Å². The van der Waals surface area contributed by atoms with Gasteiger partial charge in [0.25, 0.3) is 5.69 Å². The van der Waals surface area contributed by atoms with E-state index in [0.29, 0.717) is 5.92 Å². The van der Waals surface area contributed by atoms with Crippen molar-refractivity contribution in [2.75, 3.05) is 37.9 Å². The van der Waals surface area contributed by atoms with E-state index in [1.54, 1.807) is 26.4 Å². The molecule has 1 saturated heterocycles.